The standard InChI is InChI=1S/C18H20Cl2N4OS/c1-2-14-21-18-24(22-14)17(25)16(26-18)15(23-8-4-3-5-9-23)12-7-6-11(19)10-13(12)20/h6-7,10,15,25H,2-5,8-9H2,1H3/p+1/t15-/m1/s1. The first kappa shape index (κ1) is 18.0. The summed E-state index contributed by atoms with van der Waals surface area (Å²) in [7, 11) is 0. The molecular formula is C18H21Cl2N4OS+. The first-order valence-electron chi connectivity index (χ1n) is 8.95. The van der Waals surface area contributed by atoms with Crippen molar-refractivity contribution in [2.45, 2.75) is 38.6 Å². The van der Waals surface area contributed by atoms with E-state index in [0.717, 1.165) is 40.7 Å². The first-order valence-corrected chi connectivity index (χ1v) is 10.5. The van der Waals surface area contributed by atoms with Gasteiger partial charge in [0, 0.05) is 17.0 Å². The monoisotopic (exact) mass is 411 g/mol. The number of nitrogens with zero attached hydrogens (tertiary/aromatic N) is 3. The van der Waals surface area contributed by atoms with E-state index < -0.39 is 0 Å². The molecule has 3 aromatic rings. The molecule has 1 atom stereocenters. The molecule has 0 amide bonds. The van der Waals surface area contributed by atoms with E-state index in [1.807, 2.05) is 19.1 Å². The van der Waals surface area contributed by atoms with Crippen LogP contribution in [0.25, 0.3) is 4.96 Å². The lowest BCUT2D eigenvalue weighted by Crippen LogP contribution is -3.13. The summed E-state index contributed by atoms with van der Waals surface area (Å²) in [6, 6.07) is 5.57. The van der Waals surface area contributed by atoms with E-state index in [-0.39, 0.29) is 11.9 Å². The Hall–Kier alpha value is -1.34. The van der Waals surface area contributed by atoms with Crippen molar-refractivity contribution in [2.75, 3.05) is 13.1 Å². The topological polar surface area (TPSA) is 54.9 Å². The molecular weight excluding hydrogens is 391 g/mol. The number of fused-ring (bicyclic) bond motifs is 1. The lowest BCUT2D eigenvalue weighted by atomic mass is 10.0. The number of hydrogen-bond donors (Lipinski definition) is 2. The predicted molar refractivity (Wildman–Crippen MR) is 105 cm³/mol. The third-order valence-corrected chi connectivity index (χ3v) is 6.65. The highest BCUT2D eigenvalue weighted by Crippen LogP contribution is 2.38. The fourth-order valence-electron chi connectivity index (χ4n) is 3.71. The van der Waals surface area contributed by atoms with Crippen molar-refractivity contribution in [2.24, 2.45) is 0 Å². The summed E-state index contributed by atoms with van der Waals surface area (Å²) in [5, 5.41) is 16.6. The molecule has 1 aliphatic rings. The molecule has 2 aromatic heterocycles. The number of benzene rings is 1. The van der Waals surface area contributed by atoms with E-state index in [1.54, 1.807) is 10.6 Å². The molecule has 1 aromatic carbocycles. The van der Waals surface area contributed by atoms with Crippen LogP contribution in [0.5, 0.6) is 5.88 Å². The Bertz CT molecular complexity index is 933. The average molecular weight is 412 g/mol. The number of likely N-dealkylation sites (tertiary alicyclic amines) is 1. The average Bonchev–Trinajstić information content (AvgIpc) is 3.18. The maximum absolute atomic E-state index is 10.9. The van der Waals surface area contributed by atoms with Gasteiger partial charge in [0.25, 0.3) is 0 Å². The quantitative estimate of drug-likeness (QED) is 0.690. The molecule has 1 fully saturated rings. The number of nitrogens with one attached hydrogen (secondary N) is 1. The van der Waals surface area contributed by atoms with Crippen LogP contribution in [0.3, 0.4) is 0 Å². The molecule has 8 heteroatoms. The van der Waals surface area contributed by atoms with Gasteiger partial charge in [-0.3, -0.25) is 0 Å². The first-order chi connectivity index (χ1) is 12.6. The minimum absolute atomic E-state index is 0.0429. The van der Waals surface area contributed by atoms with Gasteiger partial charge in [-0.25, -0.2) is 4.98 Å². The third kappa shape index (κ3) is 3.20. The van der Waals surface area contributed by atoms with E-state index in [9.17, 15) is 5.11 Å². The summed E-state index contributed by atoms with van der Waals surface area (Å²) in [4.78, 5) is 7.52. The minimum atomic E-state index is -0.0429. The number of aromatic hydroxyl groups is 1. The normalized spacial score (nSPS) is 17.0. The summed E-state index contributed by atoms with van der Waals surface area (Å²) in [6.45, 7) is 4.11. The molecule has 4 rings (SSSR count). The van der Waals surface area contributed by atoms with Crippen molar-refractivity contribution in [3.63, 3.8) is 0 Å². The highest BCUT2D eigenvalue weighted by molar-refractivity contribution is 7.17. The van der Waals surface area contributed by atoms with E-state index in [4.69, 9.17) is 23.2 Å². The second kappa shape index (κ2) is 7.35. The number of quaternary nitrogens is 1. The van der Waals surface area contributed by atoms with Crippen molar-refractivity contribution in [1.82, 2.24) is 14.6 Å². The van der Waals surface area contributed by atoms with E-state index in [0.29, 0.717) is 10.0 Å². The summed E-state index contributed by atoms with van der Waals surface area (Å²) < 4.78 is 1.55. The number of halogens is 2. The zero-order chi connectivity index (χ0) is 18.3. The van der Waals surface area contributed by atoms with Gasteiger partial charge in [0.2, 0.25) is 10.8 Å². The van der Waals surface area contributed by atoms with Crippen molar-refractivity contribution in [3.05, 3.63) is 44.5 Å². The smallest absolute Gasteiger partial charge is 0.235 e. The van der Waals surface area contributed by atoms with Gasteiger partial charge in [-0.15, -0.1) is 5.10 Å². The largest absolute Gasteiger partial charge is 0.492 e. The summed E-state index contributed by atoms with van der Waals surface area (Å²) >= 11 is 14.2. The van der Waals surface area contributed by atoms with Crippen LogP contribution in [0, 0.1) is 0 Å². The fourth-order valence-corrected chi connectivity index (χ4v) is 5.37. The minimum Gasteiger partial charge on any atom is -0.492 e. The third-order valence-electron chi connectivity index (χ3n) is 5.00. The predicted octanol–water partition coefficient (Wildman–Crippen LogP) is 3.52. The van der Waals surface area contributed by atoms with Crippen LogP contribution in [0.1, 0.15) is 48.5 Å². The van der Waals surface area contributed by atoms with E-state index in [2.05, 4.69) is 10.1 Å². The summed E-state index contributed by atoms with van der Waals surface area (Å²) in [5.74, 6) is 0.913. The summed E-state index contributed by atoms with van der Waals surface area (Å²) in [6.07, 6.45) is 4.36. The molecule has 0 aliphatic carbocycles. The van der Waals surface area contributed by atoms with Crippen molar-refractivity contribution in [1.29, 1.82) is 0 Å². The van der Waals surface area contributed by atoms with Crippen molar-refractivity contribution in [3.8, 4) is 5.88 Å². The Kier molecular flexibility index (Phi) is 5.10. The van der Waals surface area contributed by atoms with Gasteiger partial charge in [-0.05, 0) is 37.5 Å². The SMILES string of the molecule is CCc1nc2sc([C@@H](c3ccc(Cl)cc3Cl)[NH+]3CCCCC3)c(O)n2n1. The molecule has 5 nitrogen and oxygen atoms in total. The van der Waals surface area contributed by atoms with Gasteiger partial charge >= 0.3 is 0 Å². The van der Waals surface area contributed by atoms with Crippen LogP contribution in [0.15, 0.2) is 18.2 Å². The molecule has 0 spiro atoms. The molecule has 3 heterocycles. The molecule has 0 radical (unpaired) electrons. The number of rotatable bonds is 4. The Morgan fingerprint density at radius 1 is 1.27 bits per heavy atom. The van der Waals surface area contributed by atoms with Crippen LogP contribution in [0.4, 0.5) is 0 Å². The van der Waals surface area contributed by atoms with Gasteiger partial charge in [-0.1, -0.05) is 41.5 Å². The zero-order valence-corrected chi connectivity index (χ0v) is 16.8. The van der Waals surface area contributed by atoms with Crippen molar-refractivity contribution >= 4 is 39.5 Å². The number of thiazole rings is 1. The van der Waals surface area contributed by atoms with E-state index >= 15 is 0 Å². The van der Waals surface area contributed by atoms with Crippen molar-refractivity contribution < 1.29 is 10.0 Å². The fraction of sp³-hybridized carbons (Fsp3) is 0.444. The Morgan fingerprint density at radius 3 is 2.69 bits per heavy atom. The molecule has 0 unspecified atom stereocenters. The maximum atomic E-state index is 10.9. The lowest BCUT2D eigenvalue weighted by molar-refractivity contribution is -0.929. The van der Waals surface area contributed by atoms with Crippen LogP contribution >= 0.6 is 34.5 Å². The number of piperidine rings is 1. The Balaban J connectivity index is 1.84. The molecule has 1 saturated heterocycles. The zero-order valence-electron chi connectivity index (χ0n) is 14.5. The van der Waals surface area contributed by atoms with Gasteiger partial charge in [0.05, 0.1) is 18.1 Å². The highest BCUT2D eigenvalue weighted by Gasteiger charge is 2.35. The van der Waals surface area contributed by atoms with Gasteiger partial charge < -0.3 is 10.0 Å². The number of aromatic nitrogens is 3. The van der Waals surface area contributed by atoms with Gasteiger partial charge in [0.15, 0.2) is 11.9 Å². The van der Waals surface area contributed by atoms with Crippen LogP contribution < -0.4 is 4.90 Å². The summed E-state index contributed by atoms with van der Waals surface area (Å²) in [5.41, 5.74) is 0.989. The van der Waals surface area contributed by atoms with Gasteiger partial charge in [-0.2, -0.15) is 4.52 Å². The molecule has 1 aliphatic heterocycles. The molecule has 0 bridgehead atoms. The highest BCUT2D eigenvalue weighted by atomic mass is 35.5. The lowest BCUT2D eigenvalue weighted by Gasteiger charge is -2.31. The van der Waals surface area contributed by atoms with Crippen LogP contribution in [-0.4, -0.2) is 32.8 Å². The second-order valence-electron chi connectivity index (χ2n) is 6.68. The van der Waals surface area contributed by atoms with Crippen LogP contribution in [-0.2, 0) is 6.42 Å². The second-order valence-corrected chi connectivity index (χ2v) is 8.54. The maximum Gasteiger partial charge on any atom is 0.235 e. The molecule has 138 valence electrons. The van der Waals surface area contributed by atoms with Gasteiger partial charge in [0.1, 0.15) is 4.88 Å². The molecule has 0 saturated carbocycles. The number of aryl methyl sites for hydroxylation is 1. The Labute approximate surface area is 166 Å². The Morgan fingerprint density at radius 2 is 2.04 bits per heavy atom. The van der Waals surface area contributed by atoms with Crippen LogP contribution in [0.2, 0.25) is 10.0 Å². The number of hydrogen-bond acceptors (Lipinski definition) is 4. The molecule has 26 heavy (non-hydrogen) atoms. The van der Waals surface area contributed by atoms with E-state index in [1.165, 1.54) is 35.5 Å². The molecule has 2 N–H and O–H groups in total.